The summed E-state index contributed by atoms with van der Waals surface area (Å²) in [5.41, 5.74) is 2.56. The third-order valence-corrected chi connectivity index (χ3v) is 5.04. The molecule has 1 heteroatoms. The Kier molecular flexibility index (Phi) is 5.78. The minimum atomic E-state index is -0.0348. The second-order valence-electron chi connectivity index (χ2n) is 6.03. The molecule has 0 aliphatic heterocycles. The summed E-state index contributed by atoms with van der Waals surface area (Å²) < 4.78 is 0. The maximum atomic E-state index is 9.82. The zero-order chi connectivity index (χ0) is 15.8. The normalized spacial score (nSPS) is 12.6. The van der Waals surface area contributed by atoms with Crippen molar-refractivity contribution >= 4 is 0 Å². The van der Waals surface area contributed by atoms with E-state index in [-0.39, 0.29) is 11.3 Å². The van der Waals surface area contributed by atoms with E-state index in [0.29, 0.717) is 0 Å². The molecule has 0 saturated carbocycles. The molecular weight excluding hydrogens is 266 g/mol. The molecule has 1 atom stereocenters. The van der Waals surface area contributed by atoms with Crippen LogP contribution in [0, 0.1) is 16.7 Å². The van der Waals surface area contributed by atoms with Crippen molar-refractivity contribution in [2.24, 2.45) is 5.41 Å². The molecule has 0 radical (unpaired) electrons. The molecule has 0 N–H and O–H groups in total. The molecule has 0 aromatic heterocycles. The van der Waals surface area contributed by atoms with Crippen LogP contribution in [0.3, 0.4) is 0 Å². The van der Waals surface area contributed by atoms with Crippen LogP contribution in [0.15, 0.2) is 60.7 Å². The van der Waals surface area contributed by atoms with Gasteiger partial charge >= 0.3 is 0 Å². The predicted molar refractivity (Wildman–Crippen MR) is 92.6 cm³/mol. The lowest BCUT2D eigenvalue weighted by atomic mass is 9.66. The van der Waals surface area contributed by atoms with Crippen LogP contribution in [0.5, 0.6) is 0 Å². The Labute approximate surface area is 134 Å². The van der Waals surface area contributed by atoms with Gasteiger partial charge in [0.1, 0.15) is 0 Å². The van der Waals surface area contributed by atoms with Gasteiger partial charge in [-0.3, -0.25) is 0 Å². The molecule has 0 bridgehead atoms. The molecular formula is C21H25N. The van der Waals surface area contributed by atoms with Gasteiger partial charge in [-0.05, 0) is 42.2 Å². The average molecular weight is 291 g/mol. The van der Waals surface area contributed by atoms with Crippen LogP contribution in [0.1, 0.15) is 50.2 Å². The van der Waals surface area contributed by atoms with Crippen molar-refractivity contribution in [3.05, 3.63) is 71.8 Å². The fourth-order valence-corrected chi connectivity index (χ4v) is 3.40. The fourth-order valence-electron chi connectivity index (χ4n) is 3.40. The van der Waals surface area contributed by atoms with Crippen LogP contribution in [0.2, 0.25) is 0 Å². The summed E-state index contributed by atoms with van der Waals surface area (Å²) in [4.78, 5) is 0. The first kappa shape index (κ1) is 16.3. The number of hydrogen-bond donors (Lipinski definition) is 0. The SMILES string of the molecule is CCC(CC)(CCc1ccccc1)C(C#N)c1ccccc1. The highest BCUT2D eigenvalue weighted by Crippen LogP contribution is 2.45. The molecule has 0 spiro atoms. The molecule has 2 aromatic carbocycles. The highest BCUT2D eigenvalue weighted by atomic mass is 14.4. The number of aryl methyl sites for hydroxylation is 1. The number of nitriles is 1. The van der Waals surface area contributed by atoms with Crippen LogP contribution in [-0.2, 0) is 6.42 Å². The van der Waals surface area contributed by atoms with Crippen molar-refractivity contribution in [2.45, 2.75) is 45.4 Å². The number of rotatable bonds is 7. The summed E-state index contributed by atoms with van der Waals surface area (Å²) in [6, 6.07) is 23.5. The van der Waals surface area contributed by atoms with Gasteiger partial charge in [-0.25, -0.2) is 0 Å². The highest BCUT2D eigenvalue weighted by molar-refractivity contribution is 5.28. The van der Waals surface area contributed by atoms with E-state index in [2.05, 4.69) is 62.4 Å². The van der Waals surface area contributed by atoms with Gasteiger partial charge in [-0.15, -0.1) is 0 Å². The third-order valence-electron chi connectivity index (χ3n) is 5.04. The van der Waals surface area contributed by atoms with Crippen molar-refractivity contribution in [3.63, 3.8) is 0 Å². The minimum absolute atomic E-state index is 0.0348. The van der Waals surface area contributed by atoms with Crippen molar-refractivity contribution in [3.8, 4) is 6.07 Å². The lowest BCUT2D eigenvalue weighted by Crippen LogP contribution is -2.28. The molecule has 0 saturated heterocycles. The lowest BCUT2D eigenvalue weighted by molar-refractivity contribution is 0.213. The summed E-state index contributed by atoms with van der Waals surface area (Å²) >= 11 is 0. The van der Waals surface area contributed by atoms with Crippen molar-refractivity contribution in [1.82, 2.24) is 0 Å². The van der Waals surface area contributed by atoms with E-state index in [9.17, 15) is 5.26 Å². The Morgan fingerprint density at radius 2 is 1.45 bits per heavy atom. The van der Waals surface area contributed by atoms with E-state index >= 15 is 0 Å². The summed E-state index contributed by atoms with van der Waals surface area (Å²) in [5, 5.41) is 9.82. The largest absolute Gasteiger partial charge is 0.198 e. The van der Waals surface area contributed by atoms with E-state index in [1.807, 2.05) is 18.2 Å². The number of nitrogens with zero attached hydrogens (tertiary/aromatic N) is 1. The smallest absolute Gasteiger partial charge is 0.0768 e. The predicted octanol–water partition coefficient (Wildman–Crippen LogP) is 5.73. The molecule has 1 unspecified atom stereocenters. The van der Waals surface area contributed by atoms with Gasteiger partial charge in [0, 0.05) is 0 Å². The van der Waals surface area contributed by atoms with Gasteiger partial charge in [0.25, 0.3) is 0 Å². The molecule has 0 aliphatic rings. The molecule has 0 fully saturated rings. The van der Waals surface area contributed by atoms with E-state index in [0.717, 1.165) is 31.2 Å². The fraction of sp³-hybridized carbons (Fsp3) is 0.381. The number of benzene rings is 2. The van der Waals surface area contributed by atoms with Crippen LogP contribution < -0.4 is 0 Å². The van der Waals surface area contributed by atoms with Crippen LogP contribution in [0.4, 0.5) is 0 Å². The third kappa shape index (κ3) is 3.57. The van der Waals surface area contributed by atoms with Gasteiger partial charge in [0.05, 0.1) is 12.0 Å². The molecule has 0 heterocycles. The molecule has 2 rings (SSSR count). The zero-order valence-electron chi connectivity index (χ0n) is 13.6. The Morgan fingerprint density at radius 3 is 1.95 bits per heavy atom. The Balaban J connectivity index is 2.24. The first-order valence-corrected chi connectivity index (χ1v) is 8.24. The van der Waals surface area contributed by atoms with Crippen molar-refractivity contribution in [1.29, 1.82) is 5.26 Å². The average Bonchev–Trinajstić information content (AvgIpc) is 2.60. The molecule has 22 heavy (non-hydrogen) atoms. The molecule has 0 amide bonds. The van der Waals surface area contributed by atoms with Gasteiger partial charge in [0.2, 0.25) is 0 Å². The Morgan fingerprint density at radius 1 is 0.909 bits per heavy atom. The number of hydrogen-bond acceptors (Lipinski definition) is 1. The maximum Gasteiger partial charge on any atom is 0.0768 e. The van der Waals surface area contributed by atoms with E-state index in [1.54, 1.807) is 0 Å². The topological polar surface area (TPSA) is 23.8 Å². The zero-order valence-corrected chi connectivity index (χ0v) is 13.6. The van der Waals surface area contributed by atoms with Crippen molar-refractivity contribution < 1.29 is 0 Å². The van der Waals surface area contributed by atoms with Crippen LogP contribution in [-0.4, -0.2) is 0 Å². The summed E-state index contributed by atoms with van der Waals surface area (Å²) in [6.45, 7) is 4.45. The van der Waals surface area contributed by atoms with Gasteiger partial charge in [-0.1, -0.05) is 74.5 Å². The summed E-state index contributed by atoms with van der Waals surface area (Å²) in [5.74, 6) is -0.0348. The van der Waals surface area contributed by atoms with Crippen molar-refractivity contribution in [2.75, 3.05) is 0 Å². The first-order valence-electron chi connectivity index (χ1n) is 8.24. The lowest BCUT2D eigenvalue weighted by Gasteiger charge is -2.36. The van der Waals surface area contributed by atoms with Crippen LogP contribution >= 0.6 is 0 Å². The van der Waals surface area contributed by atoms with E-state index in [1.165, 1.54) is 5.56 Å². The van der Waals surface area contributed by atoms with Gasteiger partial charge in [0.15, 0.2) is 0 Å². The summed E-state index contributed by atoms with van der Waals surface area (Å²) in [7, 11) is 0. The molecule has 0 aliphatic carbocycles. The Hall–Kier alpha value is -2.07. The maximum absolute atomic E-state index is 9.82. The standard InChI is InChI=1S/C21H25N/c1-3-21(4-2,16-15-18-11-7-5-8-12-18)20(17-22)19-13-9-6-10-14-19/h5-14,20H,3-4,15-16H2,1-2H3. The molecule has 2 aromatic rings. The van der Waals surface area contributed by atoms with Gasteiger partial charge in [-0.2, -0.15) is 5.26 Å². The monoisotopic (exact) mass is 291 g/mol. The van der Waals surface area contributed by atoms with Crippen LogP contribution in [0.25, 0.3) is 0 Å². The second-order valence-corrected chi connectivity index (χ2v) is 6.03. The Bertz CT molecular complexity index is 591. The second kappa shape index (κ2) is 7.80. The summed E-state index contributed by atoms with van der Waals surface area (Å²) in [6.07, 6.45) is 4.15. The highest BCUT2D eigenvalue weighted by Gasteiger charge is 2.36. The molecule has 1 nitrogen and oxygen atoms in total. The van der Waals surface area contributed by atoms with Gasteiger partial charge < -0.3 is 0 Å². The quantitative estimate of drug-likeness (QED) is 0.638. The van der Waals surface area contributed by atoms with E-state index in [4.69, 9.17) is 0 Å². The van der Waals surface area contributed by atoms with E-state index < -0.39 is 0 Å². The minimum Gasteiger partial charge on any atom is -0.198 e. The molecule has 114 valence electrons. The first-order chi connectivity index (χ1) is 10.8.